The highest BCUT2D eigenvalue weighted by Crippen LogP contribution is 2.27. The van der Waals surface area contributed by atoms with E-state index in [4.69, 9.17) is 0 Å². The summed E-state index contributed by atoms with van der Waals surface area (Å²) in [6, 6.07) is 7.99. The summed E-state index contributed by atoms with van der Waals surface area (Å²) in [5, 5.41) is 10.8. The van der Waals surface area contributed by atoms with Crippen molar-refractivity contribution in [3.05, 3.63) is 60.4 Å². The van der Waals surface area contributed by atoms with Crippen LogP contribution in [0.5, 0.6) is 0 Å². The summed E-state index contributed by atoms with van der Waals surface area (Å²) < 4.78 is 0. The summed E-state index contributed by atoms with van der Waals surface area (Å²) in [5.74, 6) is 1.26. The number of rotatable bonds is 3. The number of hydrogen-bond acceptors (Lipinski definition) is 5. The van der Waals surface area contributed by atoms with Crippen LogP contribution >= 0.6 is 0 Å². The molecule has 0 saturated carbocycles. The Bertz CT molecular complexity index is 797. The molecule has 23 heavy (non-hydrogen) atoms. The van der Waals surface area contributed by atoms with Crippen LogP contribution in [0, 0.1) is 0 Å². The lowest BCUT2D eigenvalue weighted by atomic mass is 10.1. The number of fused-ring (bicyclic) bond motifs is 3. The Morgan fingerprint density at radius 2 is 2.04 bits per heavy atom. The van der Waals surface area contributed by atoms with Gasteiger partial charge in [-0.1, -0.05) is 36.9 Å². The third kappa shape index (κ3) is 2.48. The fourth-order valence-corrected chi connectivity index (χ4v) is 2.46. The fraction of sp³-hybridized carbons (Fsp3) is 0.176. The molecule has 0 atom stereocenters. The molecule has 1 aromatic rings. The Labute approximate surface area is 135 Å². The van der Waals surface area contributed by atoms with Gasteiger partial charge >= 0.3 is 0 Å². The van der Waals surface area contributed by atoms with Crippen molar-refractivity contribution in [2.75, 3.05) is 13.6 Å². The summed E-state index contributed by atoms with van der Waals surface area (Å²) in [7, 11) is 1.72. The van der Waals surface area contributed by atoms with Gasteiger partial charge in [-0.3, -0.25) is 4.99 Å². The van der Waals surface area contributed by atoms with Crippen LogP contribution < -0.4 is 5.43 Å². The molecule has 2 aliphatic rings. The van der Waals surface area contributed by atoms with E-state index in [0.717, 1.165) is 34.1 Å². The second-order valence-corrected chi connectivity index (χ2v) is 5.06. The molecule has 0 bridgehead atoms. The van der Waals surface area contributed by atoms with Crippen molar-refractivity contribution in [1.29, 1.82) is 0 Å². The number of hydrogen-bond donors (Lipinski definition) is 1. The standard InChI is InChI=1S/C17H18N6/c1-5-10-19-21-15-13-8-6-7-9-14(13)16-17(15)20-12(3)23(22-16)11(2)18-4/h5-9,19H,1,3,10H2,2,4H3. The van der Waals surface area contributed by atoms with Gasteiger partial charge in [-0.05, 0) is 6.92 Å². The molecule has 0 fully saturated rings. The lowest BCUT2D eigenvalue weighted by molar-refractivity contribution is 0.539. The van der Waals surface area contributed by atoms with Crippen molar-refractivity contribution in [3.8, 4) is 0 Å². The smallest absolute Gasteiger partial charge is 0.149 e. The SMILES string of the molecule is C=CCNN=C1C2=NC(=C)N(C(C)=NC)N=C2c2ccccc21. The number of nitrogens with zero attached hydrogens (tertiary/aromatic N) is 5. The van der Waals surface area contributed by atoms with E-state index in [0.29, 0.717) is 12.4 Å². The lowest BCUT2D eigenvalue weighted by Crippen LogP contribution is -2.32. The van der Waals surface area contributed by atoms with Crippen LogP contribution in [0.25, 0.3) is 0 Å². The minimum absolute atomic E-state index is 0.524. The van der Waals surface area contributed by atoms with Gasteiger partial charge in [-0.15, -0.1) is 6.58 Å². The molecule has 0 saturated heterocycles. The van der Waals surface area contributed by atoms with E-state index in [9.17, 15) is 0 Å². The summed E-state index contributed by atoms with van der Waals surface area (Å²) in [6.07, 6.45) is 1.75. The minimum atomic E-state index is 0.524. The lowest BCUT2D eigenvalue weighted by Gasteiger charge is -2.22. The molecular formula is C17H18N6. The maximum absolute atomic E-state index is 4.68. The fourth-order valence-electron chi connectivity index (χ4n) is 2.46. The molecule has 0 unspecified atom stereocenters. The van der Waals surface area contributed by atoms with Gasteiger partial charge in [0.25, 0.3) is 0 Å². The first-order valence-corrected chi connectivity index (χ1v) is 7.29. The van der Waals surface area contributed by atoms with Gasteiger partial charge in [0, 0.05) is 18.2 Å². The molecule has 1 N–H and O–H groups in total. The summed E-state index contributed by atoms with van der Waals surface area (Å²) in [5.41, 5.74) is 7.27. The molecule has 0 radical (unpaired) electrons. The molecule has 1 aliphatic carbocycles. The van der Waals surface area contributed by atoms with Gasteiger partial charge in [0.1, 0.15) is 28.8 Å². The van der Waals surface area contributed by atoms with Gasteiger partial charge in [0.05, 0.1) is 6.54 Å². The van der Waals surface area contributed by atoms with Crippen molar-refractivity contribution in [2.45, 2.75) is 6.92 Å². The Hall–Kier alpha value is -3.02. The molecule has 1 aliphatic heterocycles. The van der Waals surface area contributed by atoms with Crippen LogP contribution in [0.3, 0.4) is 0 Å². The van der Waals surface area contributed by atoms with Crippen LogP contribution in [0.15, 0.2) is 69.5 Å². The molecule has 6 heteroatoms. The Kier molecular flexibility index (Phi) is 3.89. The molecule has 0 spiro atoms. The maximum Gasteiger partial charge on any atom is 0.149 e. The Morgan fingerprint density at radius 3 is 2.74 bits per heavy atom. The topological polar surface area (TPSA) is 64.7 Å². The highest BCUT2D eigenvalue weighted by Gasteiger charge is 2.35. The van der Waals surface area contributed by atoms with Gasteiger partial charge in [-0.2, -0.15) is 10.2 Å². The molecular weight excluding hydrogens is 288 g/mol. The monoisotopic (exact) mass is 306 g/mol. The Balaban J connectivity index is 2.12. The summed E-state index contributed by atoms with van der Waals surface area (Å²) in [4.78, 5) is 8.77. The summed E-state index contributed by atoms with van der Waals surface area (Å²) in [6.45, 7) is 10.1. The van der Waals surface area contributed by atoms with Crippen LogP contribution in [0.1, 0.15) is 18.1 Å². The van der Waals surface area contributed by atoms with Crippen LogP contribution in [-0.4, -0.2) is 41.6 Å². The predicted octanol–water partition coefficient (Wildman–Crippen LogP) is 2.16. The second kappa shape index (κ2) is 6.00. The van der Waals surface area contributed by atoms with Crippen molar-refractivity contribution in [3.63, 3.8) is 0 Å². The predicted molar refractivity (Wildman–Crippen MR) is 95.2 cm³/mol. The number of amidine groups is 1. The highest BCUT2D eigenvalue weighted by atomic mass is 15.5. The highest BCUT2D eigenvalue weighted by molar-refractivity contribution is 6.79. The van der Waals surface area contributed by atoms with Crippen molar-refractivity contribution < 1.29 is 0 Å². The second-order valence-electron chi connectivity index (χ2n) is 5.06. The molecule has 0 aromatic heterocycles. The minimum Gasteiger partial charge on any atom is -0.306 e. The van der Waals surface area contributed by atoms with Gasteiger partial charge in [0.15, 0.2) is 0 Å². The molecule has 6 nitrogen and oxygen atoms in total. The quantitative estimate of drug-likeness (QED) is 0.306. The average molecular weight is 306 g/mol. The van der Waals surface area contributed by atoms with Crippen LogP contribution in [-0.2, 0) is 0 Å². The zero-order valence-corrected chi connectivity index (χ0v) is 13.2. The van der Waals surface area contributed by atoms with E-state index in [2.05, 4.69) is 38.8 Å². The number of hydrazone groups is 2. The van der Waals surface area contributed by atoms with Crippen LogP contribution in [0.4, 0.5) is 0 Å². The summed E-state index contributed by atoms with van der Waals surface area (Å²) >= 11 is 0. The zero-order valence-electron chi connectivity index (χ0n) is 13.2. The molecule has 116 valence electrons. The maximum atomic E-state index is 4.68. The van der Waals surface area contributed by atoms with E-state index >= 15 is 0 Å². The van der Waals surface area contributed by atoms with E-state index < -0.39 is 0 Å². The Morgan fingerprint density at radius 1 is 1.30 bits per heavy atom. The average Bonchev–Trinajstić information content (AvgIpc) is 2.87. The third-order valence-corrected chi connectivity index (χ3v) is 3.63. The molecule has 1 aromatic carbocycles. The van der Waals surface area contributed by atoms with Gasteiger partial charge in [-0.25, -0.2) is 10.0 Å². The van der Waals surface area contributed by atoms with E-state index in [1.54, 1.807) is 18.1 Å². The zero-order chi connectivity index (χ0) is 16.4. The number of benzene rings is 1. The van der Waals surface area contributed by atoms with Crippen molar-refractivity contribution >= 4 is 23.0 Å². The number of aliphatic imine (C=N–C) groups is 2. The first-order chi connectivity index (χ1) is 11.2. The molecule has 0 amide bonds. The third-order valence-electron chi connectivity index (χ3n) is 3.63. The van der Waals surface area contributed by atoms with E-state index in [1.807, 2.05) is 31.2 Å². The first kappa shape index (κ1) is 14.9. The van der Waals surface area contributed by atoms with E-state index in [1.165, 1.54) is 0 Å². The molecule has 1 heterocycles. The van der Waals surface area contributed by atoms with E-state index in [-0.39, 0.29) is 0 Å². The number of nitrogens with one attached hydrogen (secondary N) is 1. The molecule has 3 rings (SSSR count). The van der Waals surface area contributed by atoms with Crippen molar-refractivity contribution in [2.24, 2.45) is 20.2 Å². The normalized spacial score (nSPS) is 18.3. The van der Waals surface area contributed by atoms with Gasteiger partial charge < -0.3 is 5.43 Å². The van der Waals surface area contributed by atoms with Gasteiger partial charge in [0.2, 0.25) is 0 Å². The van der Waals surface area contributed by atoms with Crippen LogP contribution in [0.2, 0.25) is 0 Å². The first-order valence-electron chi connectivity index (χ1n) is 7.29. The van der Waals surface area contributed by atoms with Crippen molar-refractivity contribution in [1.82, 2.24) is 10.4 Å². The largest absolute Gasteiger partial charge is 0.306 e.